The highest BCUT2D eigenvalue weighted by atomic mass is 32.2. The summed E-state index contributed by atoms with van der Waals surface area (Å²) in [4.78, 5) is 18.3. The molecule has 0 aliphatic carbocycles. The first-order chi connectivity index (χ1) is 8.24. The van der Waals surface area contributed by atoms with Crippen LogP contribution in [0.25, 0.3) is 0 Å². The predicted molar refractivity (Wildman–Crippen MR) is 74.2 cm³/mol. The Balaban J connectivity index is 1.98. The lowest BCUT2D eigenvalue weighted by molar-refractivity contribution is 0.247. The fraction of sp³-hybridized carbons (Fsp3) is 0.600. The van der Waals surface area contributed by atoms with Crippen LogP contribution in [-0.2, 0) is 5.75 Å². The summed E-state index contributed by atoms with van der Waals surface area (Å²) in [5.74, 6) is 2.80. The van der Waals surface area contributed by atoms with Crippen molar-refractivity contribution < 1.29 is 4.79 Å². The number of thioether (sulfide) groups is 1. The highest BCUT2D eigenvalue weighted by molar-refractivity contribution is 8.01. The number of amides is 2. The van der Waals surface area contributed by atoms with E-state index in [0.717, 1.165) is 28.6 Å². The molecule has 3 N–H and O–H groups in total. The van der Waals surface area contributed by atoms with Gasteiger partial charge in [-0.15, -0.1) is 0 Å². The molecule has 1 rings (SSSR count). The molecule has 0 aromatic carbocycles. The van der Waals surface area contributed by atoms with Gasteiger partial charge in [0.2, 0.25) is 0 Å². The molecule has 0 bridgehead atoms. The summed E-state index contributed by atoms with van der Waals surface area (Å²) >= 11 is 3.25. The quantitative estimate of drug-likeness (QED) is 0.525. The zero-order valence-corrected chi connectivity index (χ0v) is 11.7. The van der Waals surface area contributed by atoms with Crippen molar-refractivity contribution in [3.05, 3.63) is 17.7 Å². The SMILES string of the molecule is CCNC(=O)NSCCSCc1nc[nH]c1C. The number of aromatic nitrogens is 2. The first-order valence-electron chi connectivity index (χ1n) is 5.46. The minimum absolute atomic E-state index is 0.120. The zero-order valence-electron chi connectivity index (χ0n) is 10.1. The number of nitrogens with zero attached hydrogens (tertiary/aromatic N) is 1. The van der Waals surface area contributed by atoms with Gasteiger partial charge in [-0.05, 0) is 25.8 Å². The Morgan fingerprint density at radius 3 is 3.00 bits per heavy atom. The van der Waals surface area contributed by atoms with Gasteiger partial charge < -0.3 is 10.3 Å². The van der Waals surface area contributed by atoms with Crippen molar-refractivity contribution in [3.8, 4) is 0 Å². The summed E-state index contributed by atoms with van der Waals surface area (Å²) < 4.78 is 2.72. The molecule has 0 spiro atoms. The fourth-order valence-corrected chi connectivity index (χ4v) is 2.85. The number of aromatic amines is 1. The van der Waals surface area contributed by atoms with E-state index in [9.17, 15) is 4.79 Å². The average molecular weight is 274 g/mol. The van der Waals surface area contributed by atoms with Gasteiger partial charge in [-0.25, -0.2) is 9.78 Å². The van der Waals surface area contributed by atoms with Gasteiger partial charge in [0.1, 0.15) is 0 Å². The first kappa shape index (κ1) is 14.2. The molecule has 1 aromatic heterocycles. The van der Waals surface area contributed by atoms with Crippen molar-refractivity contribution in [1.82, 2.24) is 20.0 Å². The molecule has 0 fully saturated rings. The van der Waals surface area contributed by atoms with Crippen molar-refractivity contribution in [1.29, 1.82) is 0 Å². The van der Waals surface area contributed by atoms with Crippen LogP contribution in [0.1, 0.15) is 18.3 Å². The maximum atomic E-state index is 11.0. The summed E-state index contributed by atoms with van der Waals surface area (Å²) in [6, 6.07) is -0.120. The Kier molecular flexibility index (Phi) is 6.95. The molecule has 0 aliphatic heterocycles. The van der Waals surface area contributed by atoms with Crippen LogP contribution in [0.2, 0.25) is 0 Å². The van der Waals surface area contributed by atoms with Crippen LogP contribution in [0.4, 0.5) is 4.79 Å². The highest BCUT2D eigenvalue weighted by Crippen LogP contribution is 2.13. The van der Waals surface area contributed by atoms with Crippen LogP contribution in [0, 0.1) is 6.92 Å². The van der Waals surface area contributed by atoms with E-state index >= 15 is 0 Å². The third-order valence-electron chi connectivity index (χ3n) is 2.01. The molecule has 0 atom stereocenters. The van der Waals surface area contributed by atoms with Crippen LogP contribution < -0.4 is 10.0 Å². The number of hydrogen-bond donors (Lipinski definition) is 3. The van der Waals surface area contributed by atoms with Gasteiger partial charge in [0.25, 0.3) is 0 Å². The smallest absolute Gasteiger partial charge is 0.324 e. The molecular weight excluding hydrogens is 256 g/mol. The number of imidazole rings is 1. The van der Waals surface area contributed by atoms with Crippen molar-refractivity contribution in [2.75, 3.05) is 18.1 Å². The minimum Gasteiger partial charge on any atom is -0.348 e. The molecule has 96 valence electrons. The molecule has 1 aromatic rings. The van der Waals surface area contributed by atoms with E-state index in [1.807, 2.05) is 25.6 Å². The maximum absolute atomic E-state index is 11.0. The molecule has 0 radical (unpaired) electrons. The van der Waals surface area contributed by atoms with Crippen LogP contribution in [0.3, 0.4) is 0 Å². The van der Waals surface area contributed by atoms with Gasteiger partial charge in [0.15, 0.2) is 0 Å². The van der Waals surface area contributed by atoms with Gasteiger partial charge in [-0.1, -0.05) is 0 Å². The van der Waals surface area contributed by atoms with Crippen molar-refractivity contribution in [2.45, 2.75) is 19.6 Å². The Bertz CT molecular complexity index is 343. The summed E-state index contributed by atoms with van der Waals surface area (Å²) in [6.45, 7) is 4.57. The molecule has 0 aliphatic rings. The molecule has 0 unspecified atom stereocenters. The lowest BCUT2D eigenvalue weighted by Crippen LogP contribution is -2.31. The third-order valence-corrected chi connectivity index (χ3v) is 3.97. The van der Waals surface area contributed by atoms with E-state index in [2.05, 4.69) is 20.0 Å². The molecule has 7 heteroatoms. The number of H-pyrrole nitrogens is 1. The second-order valence-electron chi connectivity index (χ2n) is 3.34. The number of rotatable bonds is 7. The number of aryl methyl sites for hydroxylation is 1. The second kappa shape index (κ2) is 8.30. The zero-order chi connectivity index (χ0) is 12.5. The van der Waals surface area contributed by atoms with Crippen molar-refractivity contribution in [3.63, 3.8) is 0 Å². The van der Waals surface area contributed by atoms with E-state index in [1.54, 1.807) is 6.33 Å². The van der Waals surface area contributed by atoms with E-state index < -0.39 is 0 Å². The molecular formula is C10H18N4OS2. The van der Waals surface area contributed by atoms with Crippen LogP contribution in [0.5, 0.6) is 0 Å². The monoisotopic (exact) mass is 274 g/mol. The average Bonchev–Trinajstić information content (AvgIpc) is 2.70. The number of carbonyl (C=O) groups excluding carboxylic acids is 1. The maximum Gasteiger partial charge on any atom is 0.324 e. The van der Waals surface area contributed by atoms with Gasteiger partial charge in [-0.2, -0.15) is 11.8 Å². The normalized spacial score (nSPS) is 10.2. The van der Waals surface area contributed by atoms with Crippen LogP contribution >= 0.6 is 23.7 Å². The van der Waals surface area contributed by atoms with E-state index in [1.165, 1.54) is 11.9 Å². The molecule has 1 heterocycles. The van der Waals surface area contributed by atoms with Gasteiger partial charge in [0.05, 0.1) is 12.0 Å². The van der Waals surface area contributed by atoms with Crippen molar-refractivity contribution in [2.24, 2.45) is 0 Å². The lowest BCUT2D eigenvalue weighted by Gasteiger charge is -2.04. The standard InChI is InChI=1S/C10H18N4OS2/c1-3-11-10(15)14-17-5-4-16-6-9-8(2)12-7-13-9/h7H,3-6H2,1-2H3,(H,12,13)(H2,11,14,15). The van der Waals surface area contributed by atoms with Gasteiger partial charge >= 0.3 is 6.03 Å². The van der Waals surface area contributed by atoms with E-state index in [4.69, 9.17) is 0 Å². The Morgan fingerprint density at radius 2 is 2.35 bits per heavy atom. The molecule has 0 saturated heterocycles. The fourth-order valence-electron chi connectivity index (χ4n) is 1.12. The summed E-state index contributed by atoms with van der Waals surface area (Å²) in [6.07, 6.45) is 1.72. The van der Waals surface area contributed by atoms with Gasteiger partial charge in [-0.3, -0.25) is 4.72 Å². The van der Waals surface area contributed by atoms with E-state index in [0.29, 0.717) is 6.54 Å². The lowest BCUT2D eigenvalue weighted by atomic mass is 10.4. The Hall–Kier alpha value is -0.820. The summed E-state index contributed by atoms with van der Waals surface area (Å²) in [5.41, 5.74) is 2.24. The van der Waals surface area contributed by atoms with Crippen molar-refractivity contribution >= 4 is 29.7 Å². The second-order valence-corrected chi connectivity index (χ2v) is 5.34. The van der Waals surface area contributed by atoms with Crippen LogP contribution in [0.15, 0.2) is 6.33 Å². The minimum atomic E-state index is -0.120. The molecule has 17 heavy (non-hydrogen) atoms. The van der Waals surface area contributed by atoms with E-state index in [-0.39, 0.29) is 6.03 Å². The largest absolute Gasteiger partial charge is 0.348 e. The molecule has 0 saturated carbocycles. The summed E-state index contributed by atoms with van der Waals surface area (Å²) in [7, 11) is 0. The number of carbonyl (C=O) groups is 1. The van der Waals surface area contributed by atoms with Gasteiger partial charge in [0, 0.05) is 29.5 Å². The summed E-state index contributed by atoms with van der Waals surface area (Å²) in [5, 5.41) is 2.67. The van der Waals surface area contributed by atoms with Crippen LogP contribution in [-0.4, -0.2) is 34.0 Å². The Morgan fingerprint density at radius 1 is 1.53 bits per heavy atom. The molecule has 2 amide bonds. The Labute approximate surface area is 110 Å². The topological polar surface area (TPSA) is 69.8 Å². The number of hydrogen-bond acceptors (Lipinski definition) is 4. The molecule has 5 nitrogen and oxygen atoms in total. The highest BCUT2D eigenvalue weighted by Gasteiger charge is 2.01. The number of urea groups is 1. The third kappa shape index (κ3) is 5.88. The first-order valence-corrected chi connectivity index (χ1v) is 7.60. The number of nitrogens with one attached hydrogen (secondary N) is 3. The predicted octanol–water partition coefficient (Wildman–Crippen LogP) is 1.92.